The Morgan fingerprint density at radius 2 is 2.26 bits per heavy atom. The highest BCUT2D eigenvalue weighted by molar-refractivity contribution is 6.20. The fourth-order valence-corrected chi connectivity index (χ4v) is 2.46. The van der Waals surface area contributed by atoms with Gasteiger partial charge in [0, 0.05) is 6.04 Å². The summed E-state index contributed by atoms with van der Waals surface area (Å²) < 4.78 is 15.4. The molecule has 1 atom stereocenters. The number of fused-ring (bicyclic) bond motifs is 1. The van der Waals surface area contributed by atoms with Crippen LogP contribution in [0.15, 0.2) is 23.0 Å². The Bertz CT molecular complexity index is 694. The molecule has 1 fully saturated rings. The molecule has 1 heterocycles. The summed E-state index contributed by atoms with van der Waals surface area (Å²) in [7, 11) is 0. The van der Waals surface area contributed by atoms with E-state index in [1.807, 2.05) is 6.92 Å². The molecule has 1 aliphatic rings. The van der Waals surface area contributed by atoms with Crippen molar-refractivity contribution in [3.8, 4) is 0 Å². The maximum Gasteiger partial charge on any atom is 0.264 e. The number of alkyl halides is 1. The number of hydrogen-bond acceptors (Lipinski definition) is 2. The van der Waals surface area contributed by atoms with E-state index in [1.165, 1.54) is 6.07 Å². The zero-order chi connectivity index (χ0) is 13.6. The van der Waals surface area contributed by atoms with E-state index in [-0.39, 0.29) is 22.4 Å². The Balaban J connectivity index is 2.37. The molecule has 19 heavy (non-hydrogen) atoms. The third-order valence-corrected chi connectivity index (χ3v) is 3.96. The van der Waals surface area contributed by atoms with E-state index in [2.05, 4.69) is 4.98 Å². The Labute approximate surface area is 115 Å². The van der Waals surface area contributed by atoms with Gasteiger partial charge in [-0.3, -0.25) is 9.36 Å². The van der Waals surface area contributed by atoms with Crippen molar-refractivity contribution in [3.63, 3.8) is 0 Å². The van der Waals surface area contributed by atoms with Crippen molar-refractivity contribution in [2.45, 2.75) is 37.6 Å². The lowest BCUT2D eigenvalue weighted by Gasteiger charge is -2.15. The SMILES string of the molecule is CCC(Cl)c1nc2cccc(F)c2c(=O)n1C1CC1. The largest absolute Gasteiger partial charge is 0.292 e. The van der Waals surface area contributed by atoms with E-state index < -0.39 is 5.82 Å². The monoisotopic (exact) mass is 280 g/mol. The maximum absolute atomic E-state index is 13.8. The van der Waals surface area contributed by atoms with Crippen LogP contribution in [0.1, 0.15) is 43.4 Å². The lowest BCUT2D eigenvalue weighted by Crippen LogP contribution is -2.26. The van der Waals surface area contributed by atoms with Gasteiger partial charge in [-0.15, -0.1) is 11.6 Å². The van der Waals surface area contributed by atoms with E-state index in [0.717, 1.165) is 12.8 Å². The summed E-state index contributed by atoms with van der Waals surface area (Å²) in [4.78, 5) is 16.9. The predicted octanol–water partition coefficient (Wildman–Crippen LogP) is 3.56. The van der Waals surface area contributed by atoms with Crippen LogP contribution in [-0.2, 0) is 0 Å². The lowest BCUT2D eigenvalue weighted by molar-refractivity contribution is 0.607. The molecule has 0 bridgehead atoms. The molecule has 0 spiro atoms. The van der Waals surface area contributed by atoms with Gasteiger partial charge in [0.05, 0.1) is 10.9 Å². The van der Waals surface area contributed by atoms with Crippen LogP contribution in [0.25, 0.3) is 10.9 Å². The molecule has 1 unspecified atom stereocenters. The zero-order valence-corrected chi connectivity index (χ0v) is 11.3. The molecule has 0 saturated heterocycles. The number of aromatic nitrogens is 2. The first-order valence-corrected chi connectivity index (χ1v) is 6.91. The van der Waals surface area contributed by atoms with Gasteiger partial charge in [-0.2, -0.15) is 0 Å². The van der Waals surface area contributed by atoms with Crippen molar-refractivity contribution in [2.75, 3.05) is 0 Å². The smallest absolute Gasteiger partial charge is 0.264 e. The number of halogens is 2. The van der Waals surface area contributed by atoms with E-state index in [9.17, 15) is 9.18 Å². The third kappa shape index (κ3) is 2.04. The first-order valence-electron chi connectivity index (χ1n) is 6.48. The molecule has 2 aromatic rings. The fraction of sp³-hybridized carbons (Fsp3) is 0.429. The van der Waals surface area contributed by atoms with Crippen molar-refractivity contribution in [1.82, 2.24) is 9.55 Å². The summed E-state index contributed by atoms with van der Waals surface area (Å²) in [6, 6.07) is 4.64. The van der Waals surface area contributed by atoms with Gasteiger partial charge < -0.3 is 0 Å². The van der Waals surface area contributed by atoms with Gasteiger partial charge in [0.1, 0.15) is 17.0 Å². The van der Waals surface area contributed by atoms with Crippen LogP contribution >= 0.6 is 11.6 Å². The normalized spacial score (nSPS) is 16.8. The first-order chi connectivity index (χ1) is 9.13. The zero-order valence-electron chi connectivity index (χ0n) is 10.6. The Hall–Kier alpha value is -1.42. The highest BCUT2D eigenvalue weighted by Gasteiger charge is 2.30. The molecule has 5 heteroatoms. The molecule has 1 aromatic carbocycles. The van der Waals surface area contributed by atoms with Crippen LogP contribution in [0.2, 0.25) is 0 Å². The molecule has 1 saturated carbocycles. The molecular formula is C14H14ClFN2O. The second kappa shape index (κ2) is 4.60. The van der Waals surface area contributed by atoms with Gasteiger partial charge in [0.2, 0.25) is 0 Å². The van der Waals surface area contributed by atoms with Crippen LogP contribution in [0.3, 0.4) is 0 Å². The van der Waals surface area contributed by atoms with Gasteiger partial charge in [-0.05, 0) is 31.4 Å². The molecule has 0 N–H and O–H groups in total. The summed E-state index contributed by atoms with van der Waals surface area (Å²) in [5.41, 5.74) is 0.0794. The predicted molar refractivity (Wildman–Crippen MR) is 73.1 cm³/mol. The topological polar surface area (TPSA) is 34.9 Å². The molecule has 1 aromatic heterocycles. The average Bonchev–Trinajstić information content (AvgIpc) is 3.21. The number of benzene rings is 1. The van der Waals surface area contributed by atoms with Crippen molar-refractivity contribution in [1.29, 1.82) is 0 Å². The highest BCUT2D eigenvalue weighted by atomic mass is 35.5. The Morgan fingerprint density at radius 3 is 2.89 bits per heavy atom. The van der Waals surface area contributed by atoms with Gasteiger partial charge in [-0.25, -0.2) is 9.37 Å². The molecule has 3 rings (SSSR count). The van der Waals surface area contributed by atoms with Crippen LogP contribution in [0, 0.1) is 5.82 Å². The fourth-order valence-electron chi connectivity index (χ4n) is 2.31. The quantitative estimate of drug-likeness (QED) is 0.806. The van der Waals surface area contributed by atoms with Gasteiger partial charge in [-0.1, -0.05) is 13.0 Å². The van der Waals surface area contributed by atoms with E-state index in [4.69, 9.17) is 11.6 Å². The van der Waals surface area contributed by atoms with Crippen molar-refractivity contribution in [2.24, 2.45) is 0 Å². The van der Waals surface area contributed by atoms with Crippen molar-refractivity contribution in [3.05, 3.63) is 40.2 Å². The number of hydrogen-bond donors (Lipinski definition) is 0. The number of nitrogens with zero attached hydrogens (tertiary/aromatic N) is 2. The summed E-state index contributed by atoms with van der Waals surface area (Å²) >= 11 is 6.26. The van der Waals surface area contributed by atoms with Gasteiger partial charge >= 0.3 is 0 Å². The summed E-state index contributed by atoms with van der Waals surface area (Å²) in [6.45, 7) is 1.94. The Kier molecular flexibility index (Phi) is 3.05. The van der Waals surface area contributed by atoms with Crippen LogP contribution in [0.5, 0.6) is 0 Å². The third-order valence-electron chi connectivity index (χ3n) is 3.46. The van der Waals surface area contributed by atoms with Gasteiger partial charge in [0.15, 0.2) is 0 Å². The molecule has 3 nitrogen and oxygen atoms in total. The van der Waals surface area contributed by atoms with Crippen LogP contribution < -0.4 is 5.56 Å². The molecule has 0 amide bonds. The first kappa shape index (κ1) is 12.6. The number of rotatable bonds is 3. The van der Waals surface area contributed by atoms with Crippen LogP contribution in [0.4, 0.5) is 4.39 Å². The second-order valence-electron chi connectivity index (χ2n) is 4.89. The summed E-state index contributed by atoms with van der Waals surface area (Å²) in [6.07, 6.45) is 2.55. The molecule has 1 aliphatic carbocycles. The minimum atomic E-state index is -0.515. The summed E-state index contributed by atoms with van der Waals surface area (Å²) in [5.74, 6) is 0.0494. The average molecular weight is 281 g/mol. The Morgan fingerprint density at radius 1 is 1.53 bits per heavy atom. The van der Waals surface area contributed by atoms with E-state index >= 15 is 0 Å². The van der Waals surface area contributed by atoms with Gasteiger partial charge in [0.25, 0.3) is 5.56 Å². The van der Waals surface area contributed by atoms with E-state index in [0.29, 0.717) is 17.8 Å². The molecule has 0 radical (unpaired) electrons. The standard InChI is InChI=1S/C14H14ClFN2O/c1-2-9(15)13-17-11-5-3-4-10(16)12(11)14(19)18(13)8-6-7-8/h3-5,8-9H,2,6-7H2,1H3. The molecule has 100 valence electrons. The minimum absolute atomic E-state index is 0.0677. The van der Waals surface area contributed by atoms with Crippen molar-refractivity contribution < 1.29 is 4.39 Å². The van der Waals surface area contributed by atoms with Crippen molar-refractivity contribution >= 4 is 22.5 Å². The molecular weight excluding hydrogens is 267 g/mol. The maximum atomic E-state index is 13.8. The van der Waals surface area contributed by atoms with E-state index in [1.54, 1.807) is 16.7 Å². The molecule has 0 aliphatic heterocycles. The lowest BCUT2D eigenvalue weighted by atomic mass is 10.2. The van der Waals surface area contributed by atoms with Crippen LogP contribution in [-0.4, -0.2) is 9.55 Å². The minimum Gasteiger partial charge on any atom is -0.292 e. The highest BCUT2D eigenvalue weighted by Crippen LogP contribution is 2.37. The summed E-state index contributed by atoms with van der Waals surface area (Å²) in [5, 5.41) is -0.251. The second-order valence-corrected chi connectivity index (χ2v) is 5.41.